The molecule has 3 heterocycles. The number of nitrogens with zero attached hydrogens (tertiary/aromatic N) is 4. The number of carbonyl (C=O) groups excluding carboxylic acids is 2. The molecule has 3 aromatic rings. The molecule has 2 amide bonds. The lowest BCUT2D eigenvalue weighted by Gasteiger charge is -2.38. The molecule has 0 spiro atoms. The van der Waals surface area contributed by atoms with Gasteiger partial charge in [-0.25, -0.2) is 0 Å². The van der Waals surface area contributed by atoms with Gasteiger partial charge in [-0.1, -0.05) is 47.1 Å². The first kappa shape index (κ1) is 18.8. The standard InChI is InChI=1S/C22H19ClN4O3/c23-17-6-4-5-14(9-17)20-24-21(30-25-20)16-11-26(12-16)22(29)15-10-19(28)27(13-15)18-7-2-1-3-8-18/h1-9,15-16H,10-13H2. The Balaban J connectivity index is 1.20. The van der Waals surface area contributed by atoms with Crippen LogP contribution in [0.2, 0.25) is 5.02 Å². The molecule has 2 fully saturated rings. The molecule has 7 nitrogen and oxygen atoms in total. The first-order chi connectivity index (χ1) is 14.6. The Morgan fingerprint density at radius 3 is 2.63 bits per heavy atom. The van der Waals surface area contributed by atoms with Crippen LogP contribution in [0.5, 0.6) is 0 Å². The molecule has 5 rings (SSSR count). The first-order valence-corrected chi connectivity index (χ1v) is 10.2. The maximum atomic E-state index is 12.9. The summed E-state index contributed by atoms with van der Waals surface area (Å²) in [6, 6.07) is 16.7. The van der Waals surface area contributed by atoms with Crippen molar-refractivity contribution < 1.29 is 14.1 Å². The van der Waals surface area contributed by atoms with Gasteiger partial charge in [0, 0.05) is 42.3 Å². The van der Waals surface area contributed by atoms with E-state index in [1.807, 2.05) is 42.5 Å². The van der Waals surface area contributed by atoms with Crippen molar-refractivity contribution in [3.05, 3.63) is 65.5 Å². The molecule has 1 unspecified atom stereocenters. The highest BCUT2D eigenvalue weighted by Gasteiger charge is 2.42. The number of hydrogen-bond donors (Lipinski definition) is 0. The second-order valence-corrected chi connectivity index (χ2v) is 8.08. The van der Waals surface area contributed by atoms with Crippen molar-refractivity contribution in [1.29, 1.82) is 0 Å². The number of amides is 2. The number of para-hydroxylation sites is 1. The third kappa shape index (κ3) is 3.45. The highest BCUT2D eigenvalue weighted by molar-refractivity contribution is 6.30. The predicted molar refractivity (Wildman–Crippen MR) is 111 cm³/mol. The summed E-state index contributed by atoms with van der Waals surface area (Å²) in [5, 5.41) is 4.64. The molecule has 30 heavy (non-hydrogen) atoms. The molecule has 2 aromatic carbocycles. The van der Waals surface area contributed by atoms with Gasteiger partial charge in [-0.05, 0) is 24.3 Å². The summed E-state index contributed by atoms with van der Waals surface area (Å²) in [7, 11) is 0. The molecule has 0 aliphatic carbocycles. The van der Waals surface area contributed by atoms with Crippen LogP contribution in [0.15, 0.2) is 59.1 Å². The van der Waals surface area contributed by atoms with Gasteiger partial charge in [-0.2, -0.15) is 4.98 Å². The summed E-state index contributed by atoms with van der Waals surface area (Å²) in [6.07, 6.45) is 0.244. The monoisotopic (exact) mass is 422 g/mol. The van der Waals surface area contributed by atoms with Crippen molar-refractivity contribution in [3.63, 3.8) is 0 Å². The second kappa shape index (κ2) is 7.57. The van der Waals surface area contributed by atoms with Crippen molar-refractivity contribution in [2.45, 2.75) is 12.3 Å². The lowest BCUT2D eigenvalue weighted by Crippen LogP contribution is -2.51. The molecule has 0 N–H and O–H groups in total. The topological polar surface area (TPSA) is 79.5 Å². The first-order valence-electron chi connectivity index (χ1n) is 9.82. The van der Waals surface area contributed by atoms with Crippen molar-refractivity contribution >= 4 is 29.1 Å². The van der Waals surface area contributed by atoms with Crippen LogP contribution in [0, 0.1) is 5.92 Å². The summed E-state index contributed by atoms with van der Waals surface area (Å²) in [5.41, 5.74) is 1.62. The van der Waals surface area contributed by atoms with Gasteiger partial charge in [0.25, 0.3) is 0 Å². The lowest BCUT2D eigenvalue weighted by atomic mass is 9.96. The Hall–Kier alpha value is -3.19. The van der Waals surface area contributed by atoms with Crippen molar-refractivity contribution in [3.8, 4) is 11.4 Å². The number of rotatable bonds is 4. The van der Waals surface area contributed by atoms with E-state index in [2.05, 4.69) is 10.1 Å². The number of likely N-dealkylation sites (tertiary alicyclic amines) is 1. The molecule has 2 aliphatic heterocycles. The van der Waals surface area contributed by atoms with E-state index in [0.29, 0.717) is 36.4 Å². The van der Waals surface area contributed by atoms with Crippen LogP contribution in [-0.4, -0.2) is 46.5 Å². The molecular weight excluding hydrogens is 404 g/mol. The molecule has 0 radical (unpaired) electrons. The van der Waals surface area contributed by atoms with Crippen molar-refractivity contribution in [2.24, 2.45) is 5.92 Å². The van der Waals surface area contributed by atoms with E-state index < -0.39 is 0 Å². The van der Waals surface area contributed by atoms with Crippen LogP contribution in [0.1, 0.15) is 18.2 Å². The van der Waals surface area contributed by atoms with Crippen molar-refractivity contribution in [1.82, 2.24) is 15.0 Å². The predicted octanol–water partition coefficient (Wildman–Crippen LogP) is 3.37. The van der Waals surface area contributed by atoms with Gasteiger partial charge in [0.05, 0.1) is 11.8 Å². The van der Waals surface area contributed by atoms with E-state index in [1.165, 1.54) is 0 Å². The smallest absolute Gasteiger partial charge is 0.233 e. The van der Waals surface area contributed by atoms with E-state index in [1.54, 1.807) is 21.9 Å². The Kier molecular flexibility index (Phi) is 4.75. The minimum absolute atomic E-state index is 0.00705. The van der Waals surface area contributed by atoms with E-state index in [0.717, 1.165) is 11.3 Å². The Bertz CT molecular complexity index is 1090. The quantitative estimate of drug-likeness (QED) is 0.644. The Morgan fingerprint density at radius 1 is 1.07 bits per heavy atom. The number of anilines is 1. The van der Waals surface area contributed by atoms with E-state index >= 15 is 0 Å². The van der Waals surface area contributed by atoms with Gasteiger partial charge >= 0.3 is 0 Å². The largest absolute Gasteiger partial charge is 0.341 e. The molecule has 0 saturated carbocycles. The summed E-state index contributed by atoms with van der Waals surface area (Å²) in [6.45, 7) is 1.46. The fraction of sp³-hybridized carbons (Fsp3) is 0.273. The molecule has 2 saturated heterocycles. The zero-order chi connectivity index (χ0) is 20.7. The molecule has 0 bridgehead atoms. The fourth-order valence-electron chi connectivity index (χ4n) is 3.95. The van der Waals surface area contributed by atoms with E-state index in [9.17, 15) is 9.59 Å². The maximum Gasteiger partial charge on any atom is 0.233 e. The van der Waals surface area contributed by atoms with Crippen LogP contribution in [-0.2, 0) is 9.59 Å². The summed E-state index contributed by atoms with van der Waals surface area (Å²) in [5.74, 6) is 0.687. The minimum Gasteiger partial charge on any atom is -0.341 e. The van der Waals surface area contributed by atoms with Gasteiger partial charge in [-0.3, -0.25) is 9.59 Å². The molecule has 1 atom stereocenters. The highest BCUT2D eigenvalue weighted by atomic mass is 35.5. The van der Waals surface area contributed by atoms with Crippen LogP contribution >= 0.6 is 11.6 Å². The Labute approximate surface area is 178 Å². The number of halogens is 1. The molecule has 8 heteroatoms. The normalized spacial score (nSPS) is 19.2. The molecular formula is C22H19ClN4O3. The third-order valence-electron chi connectivity index (χ3n) is 5.61. The van der Waals surface area contributed by atoms with Crippen LogP contribution in [0.3, 0.4) is 0 Å². The third-order valence-corrected chi connectivity index (χ3v) is 5.84. The number of carbonyl (C=O) groups is 2. The van der Waals surface area contributed by atoms with Gasteiger partial charge in [-0.15, -0.1) is 0 Å². The minimum atomic E-state index is -0.316. The average molecular weight is 423 g/mol. The van der Waals surface area contributed by atoms with Gasteiger partial charge in [0.1, 0.15) is 0 Å². The SMILES string of the molecule is O=C(C1CC(=O)N(c2ccccc2)C1)N1CC(c2nc(-c3cccc(Cl)c3)no2)C1. The summed E-state index contributed by atoms with van der Waals surface area (Å²) >= 11 is 6.02. The van der Waals surface area contributed by atoms with Gasteiger partial charge < -0.3 is 14.3 Å². The zero-order valence-electron chi connectivity index (χ0n) is 16.1. The zero-order valence-corrected chi connectivity index (χ0v) is 16.8. The lowest BCUT2D eigenvalue weighted by molar-refractivity contribution is -0.140. The van der Waals surface area contributed by atoms with Crippen LogP contribution in [0.4, 0.5) is 5.69 Å². The number of hydrogen-bond acceptors (Lipinski definition) is 5. The van der Waals surface area contributed by atoms with E-state index in [-0.39, 0.29) is 30.1 Å². The van der Waals surface area contributed by atoms with Gasteiger partial charge in [0.15, 0.2) is 0 Å². The summed E-state index contributed by atoms with van der Waals surface area (Å²) < 4.78 is 5.40. The van der Waals surface area contributed by atoms with Crippen LogP contribution < -0.4 is 4.90 Å². The molecule has 2 aliphatic rings. The second-order valence-electron chi connectivity index (χ2n) is 7.65. The van der Waals surface area contributed by atoms with Gasteiger partial charge in [0.2, 0.25) is 23.5 Å². The number of benzene rings is 2. The number of aromatic nitrogens is 2. The van der Waals surface area contributed by atoms with Crippen LogP contribution in [0.25, 0.3) is 11.4 Å². The maximum absolute atomic E-state index is 12.9. The molecule has 152 valence electrons. The van der Waals surface area contributed by atoms with E-state index in [4.69, 9.17) is 16.1 Å². The van der Waals surface area contributed by atoms with Crippen molar-refractivity contribution in [2.75, 3.05) is 24.5 Å². The fourth-order valence-corrected chi connectivity index (χ4v) is 4.14. The summed E-state index contributed by atoms with van der Waals surface area (Å²) in [4.78, 5) is 33.2. The Morgan fingerprint density at radius 2 is 1.87 bits per heavy atom. The highest BCUT2D eigenvalue weighted by Crippen LogP contribution is 2.32. The molecule has 1 aromatic heterocycles. The average Bonchev–Trinajstić information content (AvgIpc) is 3.35.